The van der Waals surface area contributed by atoms with E-state index in [1.807, 2.05) is 6.07 Å². The zero-order valence-corrected chi connectivity index (χ0v) is 17.7. The summed E-state index contributed by atoms with van der Waals surface area (Å²) in [5.74, 6) is -0.0805. The predicted molar refractivity (Wildman–Crippen MR) is 121 cm³/mol. The molecule has 162 valence electrons. The lowest BCUT2D eigenvalue weighted by Crippen LogP contribution is -2.43. The summed E-state index contributed by atoms with van der Waals surface area (Å²) in [4.78, 5) is 38.9. The summed E-state index contributed by atoms with van der Waals surface area (Å²) in [6.45, 7) is -0.578. The van der Waals surface area contributed by atoms with Crippen LogP contribution in [0.4, 0.5) is 11.4 Å². The highest BCUT2D eigenvalue weighted by Gasteiger charge is 2.28. The van der Waals surface area contributed by atoms with Gasteiger partial charge in [0.2, 0.25) is 5.91 Å². The van der Waals surface area contributed by atoms with Crippen LogP contribution in [-0.2, 0) is 9.59 Å². The number of Topliss-reactive ketones (excluding diaryl/α,β-unsaturated/α-hetero) is 1. The molecule has 1 N–H and O–H groups in total. The monoisotopic (exact) mass is 450 g/mol. The predicted octanol–water partition coefficient (Wildman–Crippen LogP) is 3.97. The molecule has 0 unspecified atom stereocenters. The molecule has 0 aromatic heterocycles. The van der Waals surface area contributed by atoms with Crippen LogP contribution in [0.5, 0.6) is 11.5 Å². The Morgan fingerprint density at radius 2 is 1.78 bits per heavy atom. The highest BCUT2D eigenvalue weighted by Crippen LogP contribution is 2.33. The van der Waals surface area contributed by atoms with Crippen molar-refractivity contribution < 1.29 is 23.9 Å². The van der Waals surface area contributed by atoms with E-state index in [-0.39, 0.29) is 37.4 Å². The number of ketones is 1. The van der Waals surface area contributed by atoms with Crippen LogP contribution in [0.15, 0.2) is 72.8 Å². The van der Waals surface area contributed by atoms with Gasteiger partial charge < -0.3 is 14.8 Å². The minimum absolute atomic E-state index is 0.182. The highest BCUT2D eigenvalue weighted by molar-refractivity contribution is 6.30. The summed E-state index contributed by atoms with van der Waals surface area (Å²) < 4.78 is 11.0. The summed E-state index contributed by atoms with van der Waals surface area (Å²) >= 11 is 5.85. The second-order valence-electron chi connectivity index (χ2n) is 7.03. The van der Waals surface area contributed by atoms with Crippen LogP contribution < -0.4 is 19.7 Å². The maximum atomic E-state index is 12.6. The topological polar surface area (TPSA) is 84.9 Å². The molecule has 3 aromatic carbocycles. The Bertz CT molecular complexity index is 1150. The highest BCUT2D eigenvalue weighted by atomic mass is 35.5. The van der Waals surface area contributed by atoms with Crippen LogP contribution in [0.25, 0.3) is 0 Å². The Hall–Kier alpha value is -3.84. The third-order valence-electron chi connectivity index (χ3n) is 4.77. The van der Waals surface area contributed by atoms with Crippen LogP contribution in [0.2, 0.25) is 5.02 Å². The number of amides is 2. The molecule has 0 radical (unpaired) electrons. The van der Waals surface area contributed by atoms with Crippen LogP contribution in [0.1, 0.15) is 10.4 Å². The zero-order valence-electron chi connectivity index (χ0n) is 16.9. The molecule has 0 bridgehead atoms. The Morgan fingerprint density at radius 3 is 2.53 bits per heavy atom. The van der Waals surface area contributed by atoms with Crippen molar-refractivity contribution in [3.8, 4) is 11.5 Å². The lowest BCUT2D eigenvalue weighted by atomic mass is 10.1. The smallest absolute Gasteiger partial charge is 0.265 e. The van der Waals surface area contributed by atoms with Gasteiger partial charge >= 0.3 is 0 Å². The average Bonchev–Trinajstić information content (AvgIpc) is 2.80. The molecular formula is C24H19ClN2O5. The van der Waals surface area contributed by atoms with Crippen LogP contribution in [0, 0.1) is 0 Å². The molecule has 4 rings (SSSR count). The standard InChI is InChI=1S/C24H19ClN2O5/c25-17-7-9-19(10-8-17)31-14-21(28)16-6-11-22-20(12-16)27(24(30)15-32-22)13-23(29)26-18-4-2-1-3-5-18/h1-12H,13-15H2,(H,26,29). The first-order valence-electron chi connectivity index (χ1n) is 9.83. The van der Waals surface area contributed by atoms with Gasteiger partial charge in [-0.05, 0) is 54.6 Å². The number of fused-ring (bicyclic) bond motifs is 1. The summed E-state index contributed by atoms with van der Waals surface area (Å²) in [5, 5.41) is 3.32. The second kappa shape index (κ2) is 9.53. The van der Waals surface area contributed by atoms with Crippen LogP contribution in [-0.4, -0.2) is 37.4 Å². The van der Waals surface area contributed by atoms with Gasteiger partial charge in [-0.15, -0.1) is 0 Å². The molecule has 0 saturated carbocycles. The molecule has 0 fully saturated rings. The van der Waals surface area contributed by atoms with Gasteiger partial charge in [-0.2, -0.15) is 0 Å². The van der Waals surface area contributed by atoms with Gasteiger partial charge in [0.15, 0.2) is 19.0 Å². The van der Waals surface area contributed by atoms with Crippen molar-refractivity contribution in [1.29, 1.82) is 0 Å². The number of ether oxygens (including phenoxy) is 2. The minimum Gasteiger partial charge on any atom is -0.485 e. The van der Waals surface area contributed by atoms with Gasteiger partial charge in [0, 0.05) is 16.3 Å². The van der Waals surface area contributed by atoms with Gasteiger partial charge in [0.25, 0.3) is 5.91 Å². The maximum Gasteiger partial charge on any atom is 0.265 e. The third-order valence-corrected chi connectivity index (χ3v) is 5.02. The number of benzene rings is 3. The van der Waals surface area contributed by atoms with E-state index in [4.69, 9.17) is 21.1 Å². The molecule has 0 saturated heterocycles. The fraction of sp³-hybridized carbons (Fsp3) is 0.125. The fourth-order valence-corrected chi connectivity index (χ4v) is 3.30. The molecular weight excluding hydrogens is 432 g/mol. The Labute approximate surface area is 189 Å². The Balaban J connectivity index is 1.48. The molecule has 1 aliphatic heterocycles. The van der Waals surface area contributed by atoms with Crippen LogP contribution in [0.3, 0.4) is 0 Å². The van der Waals surface area contributed by atoms with E-state index < -0.39 is 0 Å². The van der Waals surface area contributed by atoms with E-state index in [9.17, 15) is 14.4 Å². The molecule has 2 amide bonds. The van der Waals surface area contributed by atoms with Crippen molar-refractivity contribution in [2.75, 3.05) is 30.0 Å². The van der Waals surface area contributed by atoms with Crippen molar-refractivity contribution in [2.45, 2.75) is 0 Å². The first-order chi connectivity index (χ1) is 15.5. The first kappa shape index (κ1) is 21.4. The first-order valence-corrected chi connectivity index (χ1v) is 10.2. The molecule has 1 heterocycles. The number of para-hydroxylation sites is 1. The fourth-order valence-electron chi connectivity index (χ4n) is 3.18. The summed E-state index contributed by atoms with van der Waals surface area (Å²) in [6, 6.07) is 20.4. The summed E-state index contributed by atoms with van der Waals surface area (Å²) in [6.07, 6.45) is 0. The van der Waals surface area contributed by atoms with Crippen LogP contribution >= 0.6 is 11.6 Å². The van der Waals surface area contributed by atoms with Gasteiger partial charge in [-0.3, -0.25) is 19.3 Å². The summed E-state index contributed by atoms with van der Waals surface area (Å²) in [7, 11) is 0. The van der Waals surface area contributed by atoms with Crippen molar-refractivity contribution in [1.82, 2.24) is 0 Å². The van der Waals surface area contributed by atoms with Gasteiger partial charge in [0.05, 0.1) is 5.69 Å². The number of nitrogens with zero attached hydrogens (tertiary/aromatic N) is 1. The number of halogens is 1. The SMILES string of the molecule is O=C(CN1C(=O)COc2ccc(C(=O)COc3ccc(Cl)cc3)cc21)Nc1ccccc1. The van der Waals surface area contributed by atoms with Gasteiger partial charge in [-0.25, -0.2) is 0 Å². The van der Waals surface area contributed by atoms with E-state index in [1.165, 1.54) is 11.0 Å². The largest absolute Gasteiger partial charge is 0.485 e. The molecule has 0 atom stereocenters. The number of nitrogens with one attached hydrogen (secondary N) is 1. The molecule has 3 aromatic rings. The van der Waals surface area contributed by atoms with Crippen molar-refractivity contribution >= 4 is 40.6 Å². The Morgan fingerprint density at radius 1 is 1.03 bits per heavy atom. The minimum atomic E-state index is -0.372. The maximum absolute atomic E-state index is 12.6. The normalized spacial score (nSPS) is 12.5. The molecule has 32 heavy (non-hydrogen) atoms. The molecule has 1 aliphatic rings. The lowest BCUT2D eigenvalue weighted by Gasteiger charge is -2.29. The Kier molecular flexibility index (Phi) is 6.37. The number of carbonyl (C=O) groups is 3. The third kappa shape index (κ3) is 5.07. The van der Waals surface area contributed by atoms with Gasteiger partial charge in [-0.1, -0.05) is 29.8 Å². The van der Waals surface area contributed by atoms with Crippen molar-refractivity contribution in [3.05, 3.63) is 83.4 Å². The number of anilines is 2. The molecule has 0 spiro atoms. The van der Waals surface area contributed by atoms with E-state index in [0.717, 1.165) is 0 Å². The molecule has 7 nitrogen and oxygen atoms in total. The van der Waals surface area contributed by atoms with E-state index >= 15 is 0 Å². The molecule has 0 aliphatic carbocycles. The second-order valence-corrected chi connectivity index (χ2v) is 7.47. The van der Waals surface area contributed by atoms with Crippen molar-refractivity contribution in [3.63, 3.8) is 0 Å². The van der Waals surface area contributed by atoms with Crippen molar-refractivity contribution in [2.24, 2.45) is 0 Å². The summed E-state index contributed by atoms with van der Waals surface area (Å²) in [5.41, 5.74) is 1.33. The van der Waals surface area contributed by atoms with E-state index in [1.54, 1.807) is 60.7 Å². The number of hydrogen-bond donors (Lipinski definition) is 1. The molecule has 8 heteroatoms. The number of hydrogen-bond acceptors (Lipinski definition) is 5. The number of rotatable bonds is 7. The van der Waals surface area contributed by atoms with E-state index in [2.05, 4.69) is 5.32 Å². The lowest BCUT2D eigenvalue weighted by molar-refractivity contribution is -0.123. The zero-order chi connectivity index (χ0) is 22.5. The quantitative estimate of drug-likeness (QED) is 0.550. The van der Waals surface area contributed by atoms with Gasteiger partial charge in [0.1, 0.15) is 18.0 Å². The average molecular weight is 451 g/mol. The van der Waals surface area contributed by atoms with E-state index in [0.29, 0.717) is 33.5 Å². The number of carbonyl (C=O) groups excluding carboxylic acids is 3.